The van der Waals surface area contributed by atoms with E-state index in [0.717, 1.165) is 21.4 Å². The van der Waals surface area contributed by atoms with Gasteiger partial charge in [-0.2, -0.15) is 0 Å². The summed E-state index contributed by atoms with van der Waals surface area (Å²) >= 11 is 9.37. The van der Waals surface area contributed by atoms with Crippen LogP contribution in [0.5, 0.6) is 0 Å². The molecule has 0 spiro atoms. The van der Waals surface area contributed by atoms with E-state index in [9.17, 15) is 0 Å². The molecule has 0 aliphatic carbocycles. The fraction of sp³-hybridized carbons (Fsp3) is 0.125. The van der Waals surface area contributed by atoms with Crippen LogP contribution in [0.2, 0.25) is 5.02 Å². The summed E-state index contributed by atoms with van der Waals surface area (Å²) in [4.78, 5) is 4.00. The Morgan fingerprint density at radius 1 is 1.58 bits per heavy atom. The van der Waals surface area contributed by atoms with E-state index in [2.05, 4.69) is 20.9 Å². The Bertz CT molecular complexity index is 410. The van der Waals surface area contributed by atoms with Gasteiger partial charge in [0.15, 0.2) is 0 Å². The van der Waals surface area contributed by atoms with Crippen LogP contribution in [0.3, 0.4) is 0 Å². The molecule has 62 valence electrons. The molecule has 2 rings (SSSR count). The zero-order valence-electron chi connectivity index (χ0n) is 6.17. The normalized spacial score (nSPS) is 10.8. The number of alkyl halides is 1. The molecule has 0 saturated heterocycles. The molecule has 2 aromatic heterocycles. The van der Waals surface area contributed by atoms with E-state index >= 15 is 0 Å². The maximum atomic E-state index is 6.00. The number of hydrogen-bond donors (Lipinski definition) is 0. The van der Waals surface area contributed by atoms with Crippen LogP contribution in [0.4, 0.5) is 0 Å². The lowest BCUT2D eigenvalue weighted by Crippen LogP contribution is -1.86. The van der Waals surface area contributed by atoms with Crippen molar-refractivity contribution in [2.24, 2.45) is 0 Å². The lowest BCUT2D eigenvalue weighted by molar-refractivity contribution is 1.13. The van der Waals surface area contributed by atoms with Gasteiger partial charge in [-0.05, 0) is 11.6 Å². The highest BCUT2D eigenvalue weighted by Crippen LogP contribution is 2.19. The van der Waals surface area contributed by atoms with Gasteiger partial charge in [0, 0.05) is 11.5 Å². The third-order valence-corrected chi connectivity index (χ3v) is 2.63. The van der Waals surface area contributed by atoms with E-state index in [0.29, 0.717) is 0 Å². The summed E-state index contributed by atoms with van der Waals surface area (Å²) in [5.41, 5.74) is 2.09. The maximum Gasteiger partial charge on any atom is 0.0992 e. The molecule has 0 aliphatic heterocycles. The molecule has 0 atom stereocenters. The van der Waals surface area contributed by atoms with Gasteiger partial charge in [0.25, 0.3) is 0 Å². The van der Waals surface area contributed by atoms with Gasteiger partial charge in [0.2, 0.25) is 0 Å². The Morgan fingerprint density at radius 2 is 2.42 bits per heavy atom. The third-order valence-electron chi connectivity index (χ3n) is 1.68. The zero-order valence-corrected chi connectivity index (χ0v) is 8.51. The molecule has 2 heterocycles. The molecule has 0 saturated carbocycles. The Morgan fingerprint density at radius 3 is 3.17 bits per heavy atom. The highest BCUT2D eigenvalue weighted by atomic mass is 79.9. The minimum absolute atomic E-state index is 0.740. The second-order valence-corrected chi connectivity index (χ2v) is 3.48. The summed E-state index contributed by atoms with van der Waals surface area (Å²) in [5.74, 6) is 0. The van der Waals surface area contributed by atoms with Crippen molar-refractivity contribution in [1.82, 2.24) is 9.38 Å². The number of hydrogen-bond acceptors (Lipinski definition) is 1. The van der Waals surface area contributed by atoms with Crippen LogP contribution >= 0.6 is 27.5 Å². The average Bonchev–Trinajstić information content (AvgIpc) is 2.52. The standard InChI is InChI=1S/C8H6BrClN2/c9-2-6-1-7(10)8-3-11-5-12(8)4-6/h1,3-5H,2H2. The van der Waals surface area contributed by atoms with Crippen LogP contribution in [-0.4, -0.2) is 9.38 Å². The minimum atomic E-state index is 0.740. The fourth-order valence-corrected chi connectivity index (χ4v) is 1.71. The summed E-state index contributed by atoms with van der Waals surface area (Å²) in [7, 11) is 0. The van der Waals surface area contributed by atoms with E-state index in [-0.39, 0.29) is 0 Å². The maximum absolute atomic E-state index is 6.00. The predicted octanol–water partition coefficient (Wildman–Crippen LogP) is 2.88. The molecule has 0 radical (unpaired) electrons. The SMILES string of the molecule is Clc1cc(CBr)cn2cncc12. The molecule has 0 N–H and O–H groups in total. The Labute approximate surface area is 83.3 Å². The smallest absolute Gasteiger partial charge is 0.0992 e. The van der Waals surface area contributed by atoms with Gasteiger partial charge < -0.3 is 4.40 Å². The van der Waals surface area contributed by atoms with Crippen molar-refractivity contribution in [1.29, 1.82) is 0 Å². The van der Waals surface area contributed by atoms with Crippen molar-refractivity contribution in [3.05, 3.63) is 35.4 Å². The van der Waals surface area contributed by atoms with Gasteiger partial charge in [0.1, 0.15) is 0 Å². The largest absolute Gasteiger partial charge is 0.305 e. The second-order valence-electron chi connectivity index (χ2n) is 2.52. The van der Waals surface area contributed by atoms with Crippen LogP contribution in [-0.2, 0) is 5.33 Å². The van der Waals surface area contributed by atoms with Crippen molar-refractivity contribution < 1.29 is 0 Å². The van der Waals surface area contributed by atoms with Gasteiger partial charge >= 0.3 is 0 Å². The zero-order chi connectivity index (χ0) is 8.55. The molecule has 12 heavy (non-hydrogen) atoms. The highest BCUT2D eigenvalue weighted by molar-refractivity contribution is 9.08. The second kappa shape index (κ2) is 3.07. The predicted molar refractivity (Wildman–Crippen MR) is 52.8 cm³/mol. The summed E-state index contributed by atoms with van der Waals surface area (Å²) < 4.78 is 1.92. The van der Waals surface area contributed by atoms with Gasteiger partial charge in [0.05, 0.1) is 23.1 Å². The molecule has 0 aliphatic rings. The van der Waals surface area contributed by atoms with Crippen molar-refractivity contribution >= 4 is 33.0 Å². The average molecular weight is 246 g/mol. The first-order valence-electron chi connectivity index (χ1n) is 3.47. The summed E-state index contributed by atoms with van der Waals surface area (Å²) in [6.07, 6.45) is 5.50. The number of nitrogens with zero attached hydrogens (tertiary/aromatic N) is 2. The molecular weight excluding hydrogens is 239 g/mol. The quantitative estimate of drug-likeness (QED) is 0.706. The van der Waals surface area contributed by atoms with Crippen LogP contribution in [0.15, 0.2) is 24.8 Å². The lowest BCUT2D eigenvalue weighted by Gasteiger charge is -1.99. The first-order valence-corrected chi connectivity index (χ1v) is 4.97. The van der Waals surface area contributed by atoms with E-state index in [1.165, 1.54) is 0 Å². The first kappa shape index (κ1) is 8.08. The number of halogens is 2. The third kappa shape index (κ3) is 1.23. The Balaban J connectivity index is 2.75. The van der Waals surface area contributed by atoms with E-state index in [4.69, 9.17) is 11.6 Å². The van der Waals surface area contributed by atoms with Gasteiger partial charge in [-0.15, -0.1) is 0 Å². The van der Waals surface area contributed by atoms with Crippen LogP contribution in [0.1, 0.15) is 5.56 Å². The van der Waals surface area contributed by atoms with Crippen molar-refractivity contribution in [3.63, 3.8) is 0 Å². The van der Waals surface area contributed by atoms with Crippen LogP contribution < -0.4 is 0 Å². The minimum Gasteiger partial charge on any atom is -0.305 e. The fourth-order valence-electron chi connectivity index (χ4n) is 1.12. The molecule has 0 fully saturated rings. The lowest BCUT2D eigenvalue weighted by atomic mass is 10.3. The summed E-state index contributed by atoms with van der Waals surface area (Å²) in [6.45, 7) is 0. The molecule has 2 nitrogen and oxygen atoms in total. The van der Waals surface area contributed by atoms with E-state index < -0.39 is 0 Å². The molecule has 0 bridgehead atoms. The number of pyridine rings is 1. The van der Waals surface area contributed by atoms with Gasteiger partial charge in [-0.1, -0.05) is 27.5 Å². The number of rotatable bonds is 1. The molecule has 0 unspecified atom stereocenters. The number of imidazole rings is 1. The van der Waals surface area contributed by atoms with Crippen molar-refractivity contribution in [3.8, 4) is 0 Å². The van der Waals surface area contributed by atoms with Crippen molar-refractivity contribution in [2.75, 3.05) is 0 Å². The van der Waals surface area contributed by atoms with Crippen LogP contribution in [0.25, 0.3) is 5.52 Å². The molecule has 2 aromatic rings. The highest BCUT2D eigenvalue weighted by Gasteiger charge is 2.00. The van der Waals surface area contributed by atoms with E-state index in [1.807, 2.05) is 16.7 Å². The van der Waals surface area contributed by atoms with Gasteiger partial charge in [-0.25, -0.2) is 4.98 Å². The van der Waals surface area contributed by atoms with Crippen molar-refractivity contribution in [2.45, 2.75) is 5.33 Å². The first-order chi connectivity index (χ1) is 5.81. The summed E-state index contributed by atoms with van der Waals surface area (Å²) in [6, 6.07) is 1.94. The molecule has 0 amide bonds. The summed E-state index contributed by atoms with van der Waals surface area (Å²) in [5, 5.41) is 1.55. The molecule has 4 heteroatoms. The van der Waals surface area contributed by atoms with Gasteiger partial charge in [-0.3, -0.25) is 0 Å². The Kier molecular flexibility index (Phi) is 2.07. The molecular formula is C8H6BrClN2. The Hall–Kier alpha value is -0.540. The topological polar surface area (TPSA) is 17.3 Å². The monoisotopic (exact) mass is 244 g/mol. The molecule has 0 aromatic carbocycles. The van der Waals surface area contributed by atoms with Crippen LogP contribution in [0, 0.1) is 0 Å². The number of fused-ring (bicyclic) bond motifs is 1. The number of aromatic nitrogens is 2. The van der Waals surface area contributed by atoms with E-state index in [1.54, 1.807) is 12.5 Å².